The molecule has 0 heterocycles. The zero-order valence-electron chi connectivity index (χ0n) is 25.3. The first-order valence-corrected chi connectivity index (χ1v) is 15.9. The van der Waals surface area contributed by atoms with Crippen molar-refractivity contribution >= 4 is 43.1 Å². The largest absolute Gasteiger partial charge is 0.0622 e. The van der Waals surface area contributed by atoms with Crippen molar-refractivity contribution in [2.75, 3.05) is 0 Å². The molecule has 0 N–H and O–H groups in total. The summed E-state index contributed by atoms with van der Waals surface area (Å²) in [6.45, 7) is 0. The second-order valence-electron chi connectivity index (χ2n) is 12.1. The van der Waals surface area contributed by atoms with Gasteiger partial charge < -0.3 is 0 Å². The van der Waals surface area contributed by atoms with E-state index in [2.05, 4.69) is 182 Å². The highest BCUT2D eigenvalue weighted by Crippen LogP contribution is 2.47. The molecule has 0 radical (unpaired) electrons. The standard InChI is InChI=1S/C46H30/c1-2-12-31(13-3-1)32-24-26-33(27-25-32)36-28-29-43-44(30-36)46(40-23-11-17-35-15-5-7-19-38(35)40)42-21-9-8-20-41(42)45(43)39-22-10-16-34-14-4-6-18-37(34)39/h1-30H. The van der Waals surface area contributed by atoms with E-state index in [9.17, 15) is 0 Å². The first-order chi connectivity index (χ1) is 22.8. The Morgan fingerprint density at radius 1 is 0.217 bits per heavy atom. The minimum atomic E-state index is 1.21. The van der Waals surface area contributed by atoms with Gasteiger partial charge in [0, 0.05) is 0 Å². The summed E-state index contributed by atoms with van der Waals surface area (Å²) < 4.78 is 0. The fourth-order valence-electron chi connectivity index (χ4n) is 7.31. The fourth-order valence-corrected chi connectivity index (χ4v) is 7.31. The van der Waals surface area contributed by atoms with Gasteiger partial charge in [-0.1, -0.05) is 176 Å². The Morgan fingerprint density at radius 3 is 1.20 bits per heavy atom. The van der Waals surface area contributed by atoms with Gasteiger partial charge in [0.05, 0.1) is 0 Å². The molecular formula is C46H30. The Morgan fingerprint density at radius 2 is 0.609 bits per heavy atom. The van der Waals surface area contributed by atoms with Crippen LogP contribution in [0.3, 0.4) is 0 Å². The van der Waals surface area contributed by atoms with Crippen molar-refractivity contribution in [1.82, 2.24) is 0 Å². The minimum Gasteiger partial charge on any atom is -0.0622 e. The summed E-state index contributed by atoms with van der Waals surface area (Å²) in [7, 11) is 0. The smallest absolute Gasteiger partial charge is 0.00199 e. The van der Waals surface area contributed by atoms with Crippen LogP contribution in [-0.2, 0) is 0 Å². The highest BCUT2D eigenvalue weighted by molar-refractivity contribution is 6.25. The van der Waals surface area contributed by atoms with Gasteiger partial charge in [-0.15, -0.1) is 0 Å². The van der Waals surface area contributed by atoms with Gasteiger partial charge >= 0.3 is 0 Å². The van der Waals surface area contributed by atoms with E-state index in [0.717, 1.165) is 0 Å². The quantitative estimate of drug-likeness (QED) is 0.181. The van der Waals surface area contributed by atoms with Gasteiger partial charge in [-0.25, -0.2) is 0 Å². The van der Waals surface area contributed by atoms with E-state index >= 15 is 0 Å². The van der Waals surface area contributed by atoms with Gasteiger partial charge in [-0.2, -0.15) is 0 Å². The van der Waals surface area contributed by atoms with Crippen LogP contribution in [0.2, 0.25) is 0 Å². The Bertz CT molecular complexity index is 2540. The lowest BCUT2D eigenvalue weighted by molar-refractivity contribution is 1.60. The van der Waals surface area contributed by atoms with E-state index in [1.807, 2.05) is 0 Å². The van der Waals surface area contributed by atoms with E-state index in [1.54, 1.807) is 0 Å². The molecule has 9 aromatic rings. The van der Waals surface area contributed by atoms with Crippen LogP contribution in [0.15, 0.2) is 182 Å². The summed E-state index contributed by atoms with van der Waals surface area (Å²) >= 11 is 0. The molecule has 0 aromatic heterocycles. The summed E-state index contributed by atoms with van der Waals surface area (Å²) in [5.41, 5.74) is 10.00. The predicted molar refractivity (Wildman–Crippen MR) is 198 cm³/mol. The topological polar surface area (TPSA) is 0 Å². The van der Waals surface area contributed by atoms with Crippen LogP contribution in [-0.4, -0.2) is 0 Å². The molecule has 0 nitrogen and oxygen atoms in total. The summed E-state index contributed by atoms with van der Waals surface area (Å²) in [5, 5.41) is 10.1. The summed E-state index contributed by atoms with van der Waals surface area (Å²) in [5.74, 6) is 0. The second-order valence-corrected chi connectivity index (χ2v) is 12.1. The second kappa shape index (κ2) is 10.9. The molecule has 0 aliphatic rings. The van der Waals surface area contributed by atoms with E-state index in [0.29, 0.717) is 0 Å². The van der Waals surface area contributed by atoms with Crippen molar-refractivity contribution < 1.29 is 0 Å². The van der Waals surface area contributed by atoms with Gasteiger partial charge in [0.2, 0.25) is 0 Å². The number of hydrogen-bond acceptors (Lipinski definition) is 0. The van der Waals surface area contributed by atoms with E-state index in [-0.39, 0.29) is 0 Å². The van der Waals surface area contributed by atoms with Gasteiger partial charge in [-0.05, 0) is 93.7 Å². The molecule has 0 aliphatic carbocycles. The third kappa shape index (κ3) is 4.30. The molecule has 0 bridgehead atoms. The van der Waals surface area contributed by atoms with Gasteiger partial charge in [-0.3, -0.25) is 0 Å². The Kier molecular flexibility index (Phi) is 6.25. The summed E-state index contributed by atoms with van der Waals surface area (Å²) in [6, 6.07) is 66.5. The van der Waals surface area contributed by atoms with E-state index in [1.165, 1.54) is 87.6 Å². The molecule has 46 heavy (non-hydrogen) atoms. The molecule has 0 fully saturated rings. The maximum Gasteiger partial charge on any atom is -0.00199 e. The highest BCUT2D eigenvalue weighted by Gasteiger charge is 2.19. The van der Waals surface area contributed by atoms with Crippen molar-refractivity contribution in [1.29, 1.82) is 0 Å². The van der Waals surface area contributed by atoms with Crippen LogP contribution in [0.4, 0.5) is 0 Å². The van der Waals surface area contributed by atoms with Crippen LogP contribution in [0.25, 0.3) is 87.6 Å². The predicted octanol–water partition coefficient (Wildman–Crippen LogP) is 13.0. The van der Waals surface area contributed by atoms with Crippen LogP contribution in [0, 0.1) is 0 Å². The zero-order chi connectivity index (χ0) is 30.5. The van der Waals surface area contributed by atoms with Crippen LogP contribution in [0.1, 0.15) is 0 Å². The van der Waals surface area contributed by atoms with Crippen LogP contribution >= 0.6 is 0 Å². The van der Waals surface area contributed by atoms with Crippen molar-refractivity contribution in [3.8, 4) is 44.5 Å². The number of rotatable bonds is 4. The van der Waals surface area contributed by atoms with Crippen molar-refractivity contribution in [2.24, 2.45) is 0 Å². The molecule has 9 rings (SSSR count). The third-order valence-corrected chi connectivity index (χ3v) is 9.47. The first kappa shape index (κ1) is 26.4. The lowest BCUT2D eigenvalue weighted by atomic mass is 9.83. The van der Waals surface area contributed by atoms with Crippen LogP contribution < -0.4 is 0 Å². The maximum atomic E-state index is 2.42. The van der Waals surface area contributed by atoms with Crippen molar-refractivity contribution in [3.63, 3.8) is 0 Å². The van der Waals surface area contributed by atoms with E-state index < -0.39 is 0 Å². The minimum absolute atomic E-state index is 1.21. The van der Waals surface area contributed by atoms with Crippen LogP contribution in [0.5, 0.6) is 0 Å². The Hall–Kier alpha value is -5.98. The zero-order valence-corrected chi connectivity index (χ0v) is 25.3. The monoisotopic (exact) mass is 582 g/mol. The average Bonchev–Trinajstić information content (AvgIpc) is 3.14. The normalized spacial score (nSPS) is 11.5. The lowest BCUT2D eigenvalue weighted by Crippen LogP contribution is -1.93. The fraction of sp³-hybridized carbons (Fsp3) is 0. The molecule has 0 heteroatoms. The van der Waals surface area contributed by atoms with Gasteiger partial charge in [0.1, 0.15) is 0 Å². The molecule has 0 saturated heterocycles. The third-order valence-electron chi connectivity index (χ3n) is 9.47. The number of hydrogen-bond donors (Lipinski definition) is 0. The molecule has 0 atom stereocenters. The highest BCUT2D eigenvalue weighted by atomic mass is 14.2. The molecule has 0 aliphatic heterocycles. The van der Waals surface area contributed by atoms with Gasteiger partial charge in [0.15, 0.2) is 0 Å². The maximum absolute atomic E-state index is 2.42. The molecule has 0 spiro atoms. The molecule has 0 amide bonds. The average molecular weight is 583 g/mol. The summed E-state index contributed by atoms with van der Waals surface area (Å²) in [4.78, 5) is 0. The molecule has 214 valence electrons. The molecular weight excluding hydrogens is 553 g/mol. The SMILES string of the molecule is c1ccc(-c2ccc(-c3ccc4c(-c5cccc6ccccc56)c5ccccc5c(-c5cccc6ccccc56)c4c3)cc2)cc1. The van der Waals surface area contributed by atoms with Crippen molar-refractivity contribution in [2.45, 2.75) is 0 Å². The molecule has 0 unspecified atom stereocenters. The van der Waals surface area contributed by atoms with Gasteiger partial charge in [0.25, 0.3) is 0 Å². The summed E-state index contributed by atoms with van der Waals surface area (Å²) in [6.07, 6.45) is 0. The molecule has 0 saturated carbocycles. The number of fused-ring (bicyclic) bond motifs is 4. The molecule has 9 aromatic carbocycles. The van der Waals surface area contributed by atoms with E-state index in [4.69, 9.17) is 0 Å². The Balaban J connectivity index is 1.38. The van der Waals surface area contributed by atoms with Crippen molar-refractivity contribution in [3.05, 3.63) is 182 Å². The Labute approximate surface area is 268 Å². The first-order valence-electron chi connectivity index (χ1n) is 15.9. The number of benzene rings is 9. The lowest BCUT2D eigenvalue weighted by Gasteiger charge is -2.20.